The molecule has 2 nitrogen and oxygen atoms in total. The van der Waals surface area contributed by atoms with Crippen LogP contribution in [0.2, 0.25) is 0 Å². The molecular formula is C11H19BrO2S. The molecule has 0 amide bonds. The number of carbonyl (C=O) groups is 1. The van der Waals surface area contributed by atoms with Gasteiger partial charge in [-0.05, 0) is 17.6 Å². The zero-order chi connectivity index (χ0) is 11.5. The Labute approximate surface area is 105 Å². The Bertz CT molecular complexity index is 205. The largest absolute Gasteiger partial charge is 0.460 e. The summed E-state index contributed by atoms with van der Waals surface area (Å²) < 4.78 is 5.76. The fraction of sp³-hybridized carbons (Fsp3) is 0.727. The minimum absolute atomic E-state index is 0.242. The van der Waals surface area contributed by atoms with Gasteiger partial charge in [-0.15, -0.1) is 11.8 Å². The van der Waals surface area contributed by atoms with Crippen LogP contribution in [-0.4, -0.2) is 18.3 Å². The van der Waals surface area contributed by atoms with Gasteiger partial charge in [0, 0.05) is 11.4 Å². The molecule has 0 aromatic carbocycles. The molecular weight excluding hydrogens is 276 g/mol. The first-order valence-corrected chi connectivity index (χ1v) is 7.10. The van der Waals surface area contributed by atoms with Crippen LogP contribution in [-0.2, 0) is 9.53 Å². The predicted molar refractivity (Wildman–Crippen MR) is 70.2 cm³/mol. The van der Waals surface area contributed by atoms with Gasteiger partial charge in [-0.3, -0.25) is 4.79 Å². The van der Waals surface area contributed by atoms with Crippen LogP contribution in [0.5, 0.6) is 0 Å². The maximum absolute atomic E-state index is 10.5. The molecule has 0 rings (SSSR count). The smallest absolute Gasteiger partial charge is 0.302 e. The Balaban J connectivity index is 3.37. The summed E-state index contributed by atoms with van der Waals surface area (Å²) >= 11 is 5.12. The van der Waals surface area contributed by atoms with Crippen LogP contribution in [0.4, 0.5) is 0 Å². The average Bonchev–Trinajstić information content (AvgIpc) is 2.20. The molecule has 15 heavy (non-hydrogen) atoms. The summed E-state index contributed by atoms with van der Waals surface area (Å²) in [6, 6.07) is 0. The number of halogens is 1. The third-order valence-corrected chi connectivity index (χ3v) is 3.48. The van der Waals surface area contributed by atoms with E-state index in [-0.39, 0.29) is 5.97 Å². The van der Waals surface area contributed by atoms with Crippen LogP contribution >= 0.6 is 27.7 Å². The van der Waals surface area contributed by atoms with Crippen molar-refractivity contribution in [3.63, 3.8) is 0 Å². The minimum atomic E-state index is -0.242. The molecule has 0 aromatic rings. The fourth-order valence-corrected chi connectivity index (χ4v) is 2.21. The van der Waals surface area contributed by atoms with E-state index in [1.807, 2.05) is 5.41 Å². The molecule has 0 saturated carbocycles. The van der Waals surface area contributed by atoms with Gasteiger partial charge in [0.25, 0.3) is 0 Å². The van der Waals surface area contributed by atoms with Crippen molar-refractivity contribution in [1.82, 2.24) is 0 Å². The monoisotopic (exact) mass is 294 g/mol. The molecule has 0 saturated heterocycles. The van der Waals surface area contributed by atoms with Gasteiger partial charge in [-0.2, -0.15) is 0 Å². The highest BCUT2D eigenvalue weighted by molar-refractivity contribution is 9.11. The van der Waals surface area contributed by atoms with E-state index in [2.05, 4.69) is 22.9 Å². The summed E-state index contributed by atoms with van der Waals surface area (Å²) in [5.74, 6) is 0.892. The van der Waals surface area contributed by atoms with Crippen molar-refractivity contribution in [2.24, 2.45) is 0 Å². The van der Waals surface area contributed by atoms with Crippen LogP contribution in [0.25, 0.3) is 0 Å². The molecule has 88 valence electrons. The second-order valence-corrected chi connectivity index (χ2v) is 5.27. The van der Waals surface area contributed by atoms with Crippen LogP contribution in [0.3, 0.4) is 0 Å². The topological polar surface area (TPSA) is 26.3 Å². The second kappa shape index (κ2) is 10.6. The van der Waals surface area contributed by atoms with Gasteiger partial charge < -0.3 is 4.74 Å². The molecule has 0 radical (unpaired) electrons. The molecule has 0 N–H and O–H groups in total. The van der Waals surface area contributed by atoms with E-state index < -0.39 is 0 Å². The van der Waals surface area contributed by atoms with E-state index in [0.717, 1.165) is 10.2 Å². The molecule has 0 aliphatic heterocycles. The zero-order valence-corrected chi connectivity index (χ0v) is 11.8. The number of rotatable bonds is 8. The van der Waals surface area contributed by atoms with E-state index in [0.29, 0.717) is 6.61 Å². The number of carbonyl (C=O) groups excluding carboxylic acids is 1. The highest BCUT2D eigenvalue weighted by Crippen LogP contribution is 2.15. The maximum atomic E-state index is 10.5. The van der Waals surface area contributed by atoms with Crippen molar-refractivity contribution in [1.29, 1.82) is 0 Å². The van der Waals surface area contributed by atoms with Crippen LogP contribution < -0.4 is 0 Å². The Hall–Kier alpha value is 0.0400. The van der Waals surface area contributed by atoms with Gasteiger partial charge in [-0.1, -0.05) is 42.1 Å². The Morgan fingerprint density at radius 3 is 2.73 bits per heavy atom. The van der Waals surface area contributed by atoms with Gasteiger partial charge in [-0.25, -0.2) is 0 Å². The summed E-state index contributed by atoms with van der Waals surface area (Å²) in [6.45, 7) is 3.97. The standard InChI is InChI=1S/C11H19BrO2S/c1-3-4-5-6-7-15-9-11(12)8-14-10(2)13/h9H,3-8H2,1-2H3/b11-9-. The number of esters is 1. The van der Waals surface area contributed by atoms with Gasteiger partial charge in [0.15, 0.2) is 0 Å². The summed E-state index contributed by atoms with van der Waals surface area (Å²) in [7, 11) is 0. The van der Waals surface area contributed by atoms with Crippen molar-refractivity contribution in [3.05, 3.63) is 9.89 Å². The van der Waals surface area contributed by atoms with Crippen LogP contribution in [0.15, 0.2) is 9.89 Å². The molecule has 0 fully saturated rings. The van der Waals surface area contributed by atoms with E-state index in [1.54, 1.807) is 11.8 Å². The highest BCUT2D eigenvalue weighted by Gasteiger charge is 1.95. The lowest BCUT2D eigenvalue weighted by Crippen LogP contribution is -1.99. The third kappa shape index (κ3) is 12.0. The molecule has 0 bridgehead atoms. The predicted octanol–water partition coefficient (Wildman–Crippen LogP) is 4.10. The van der Waals surface area contributed by atoms with E-state index in [9.17, 15) is 4.79 Å². The van der Waals surface area contributed by atoms with Crippen molar-refractivity contribution >= 4 is 33.7 Å². The maximum Gasteiger partial charge on any atom is 0.302 e. The quantitative estimate of drug-likeness (QED) is 0.498. The molecule has 0 aliphatic carbocycles. The van der Waals surface area contributed by atoms with Gasteiger partial charge in [0.05, 0.1) is 0 Å². The molecule has 0 atom stereocenters. The average molecular weight is 295 g/mol. The molecule has 0 unspecified atom stereocenters. The molecule has 0 aliphatic rings. The highest BCUT2D eigenvalue weighted by atomic mass is 79.9. The number of hydrogen-bond acceptors (Lipinski definition) is 3. The number of hydrogen-bond donors (Lipinski definition) is 0. The Morgan fingerprint density at radius 2 is 2.13 bits per heavy atom. The van der Waals surface area contributed by atoms with Crippen molar-refractivity contribution in [3.8, 4) is 0 Å². The van der Waals surface area contributed by atoms with E-state index in [4.69, 9.17) is 4.74 Å². The zero-order valence-electron chi connectivity index (χ0n) is 9.42. The first kappa shape index (κ1) is 15.0. The number of unbranched alkanes of at least 4 members (excludes halogenated alkanes) is 3. The van der Waals surface area contributed by atoms with E-state index in [1.165, 1.54) is 32.6 Å². The van der Waals surface area contributed by atoms with Crippen molar-refractivity contribution in [2.45, 2.75) is 39.5 Å². The van der Waals surface area contributed by atoms with Crippen molar-refractivity contribution in [2.75, 3.05) is 12.4 Å². The normalized spacial score (nSPS) is 11.5. The lowest BCUT2D eigenvalue weighted by Gasteiger charge is -2.00. The minimum Gasteiger partial charge on any atom is -0.460 e. The lowest BCUT2D eigenvalue weighted by molar-refractivity contribution is -0.139. The first-order valence-electron chi connectivity index (χ1n) is 5.26. The van der Waals surface area contributed by atoms with Gasteiger partial charge in [0.1, 0.15) is 6.61 Å². The lowest BCUT2D eigenvalue weighted by atomic mass is 10.2. The molecule has 0 heterocycles. The Kier molecular flexibility index (Phi) is 10.6. The van der Waals surface area contributed by atoms with Crippen molar-refractivity contribution < 1.29 is 9.53 Å². The summed E-state index contributed by atoms with van der Waals surface area (Å²) in [5.41, 5.74) is 0. The van der Waals surface area contributed by atoms with Gasteiger partial charge in [0.2, 0.25) is 0 Å². The summed E-state index contributed by atoms with van der Waals surface area (Å²) in [5, 5.41) is 2.01. The van der Waals surface area contributed by atoms with E-state index >= 15 is 0 Å². The number of ether oxygens (including phenoxy) is 1. The number of thioether (sulfide) groups is 1. The first-order chi connectivity index (χ1) is 7.16. The Morgan fingerprint density at radius 1 is 1.40 bits per heavy atom. The molecule has 0 aromatic heterocycles. The summed E-state index contributed by atoms with van der Waals surface area (Å²) in [4.78, 5) is 10.5. The third-order valence-electron chi connectivity index (χ3n) is 1.74. The molecule has 0 spiro atoms. The van der Waals surface area contributed by atoms with Crippen LogP contribution in [0, 0.1) is 0 Å². The van der Waals surface area contributed by atoms with Gasteiger partial charge >= 0.3 is 5.97 Å². The summed E-state index contributed by atoms with van der Waals surface area (Å²) in [6.07, 6.45) is 5.15. The second-order valence-electron chi connectivity index (χ2n) is 3.28. The van der Waals surface area contributed by atoms with Crippen LogP contribution in [0.1, 0.15) is 39.5 Å². The molecule has 4 heteroatoms. The fourth-order valence-electron chi connectivity index (χ4n) is 0.966. The SMILES string of the molecule is CCCCCCS/C=C(\Br)COC(C)=O.